The first-order valence-corrected chi connectivity index (χ1v) is 11.0. The van der Waals surface area contributed by atoms with Gasteiger partial charge in [-0.25, -0.2) is 0 Å². The van der Waals surface area contributed by atoms with E-state index in [4.69, 9.17) is 12.1 Å². The molecule has 0 amide bonds. The summed E-state index contributed by atoms with van der Waals surface area (Å²) in [5.41, 5.74) is 4.61. The van der Waals surface area contributed by atoms with Gasteiger partial charge in [0, 0.05) is 25.2 Å². The highest BCUT2D eigenvalue weighted by atomic mass is 31.2. The van der Waals surface area contributed by atoms with E-state index < -0.39 is 7.67 Å². The van der Waals surface area contributed by atoms with Gasteiger partial charge in [0.25, 0.3) is 0 Å². The normalized spacial score (nSPS) is 15.4. The van der Waals surface area contributed by atoms with Gasteiger partial charge in [-0.15, -0.1) is 0 Å². The van der Waals surface area contributed by atoms with Gasteiger partial charge in [-0.3, -0.25) is 13.9 Å². The first kappa shape index (κ1) is 17.5. The number of benzene rings is 4. The summed E-state index contributed by atoms with van der Waals surface area (Å²) in [6, 6.07) is 25.8. The number of anilines is 2. The van der Waals surface area contributed by atoms with Crippen molar-refractivity contribution in [3.05, 3.63) is 72.8 Å². The van der Waals surface area contributed by atoms with Gasteiger partial charge in [0.05, 0.1) is 26.2 Å². The molecular weight excluding hydrogens is 362 g/mol. The van der Waals surface area contributed by atoms with Gasteiger partial charge >= 0.3 is 0 Å². The molecule has 0 aliphatic carbocycles. The van der Waals surface area contributed by atoms with E-state index in [1.54, 1.807) is 7.11 Å². The van der Waals surface area contributed by atoms with Crippen LogP contribution in [0.15, 0.2) is 72.8 Å². The Kier molecular flexibility index (Phi) is 3.91. The van der Waals surface area contributed by atoms with Crippen LogP contribution in [-0.4, -0.2) is 28.8 Å². The maximum absolute atomic E-state index is 6.90. The number of hydrogen-bond donors (Lipinski definition) is 0. The van der Waals surface area contributed by atoms with Gasteiger partial charge in [0.15, 0.2) is 0 Å². The molecule has 0 unspecified atom stereocenters. The quantitative estimate of drug-likeness (QED) is 0.295. The van der Waals surface area contributed by atoms with Gasteiger partial charge in [-0.05, 0) is 33.7 Å². The Balaban J connectivity index is 2.03. The second-order valence-corrected chi connectivity index (χ2v) is 9.92. The van der Waals surface area contributed by atoms with E-state index in [9.17, 15) is 0 Å². The Labute approximate surface area is 167 Å². The molecule has 0 N–H and O–H groups in total. The molecule has 28 heavy (non-hydrogen) atoms. The van der Waals surface area contributed by atoms with Crippen LogP contribution in [0.4, 0.5) is 11.4 Å². The first-order valence-electron chi connectivity index (χ1n) is 9.32. The molecule has 1 heterocycles. The van der Waals surface area contributed by atoms with Gasteiger partial charge in [-0.2, -0.15) is 7.57 Å². The van der Waals surface area contributed by atoms with Crippen molar-refractivity contribution >= 4 is 48.2 Å². The highest BCUT2D eigenvalue weighted by Gasteiger charge is 2.38. The van der Waals surface area contributed by atoms with Crippen LogP contribution in [0.1, 0.15) is 0 Å². The lowest BCUT2D eigenvalue weighted by molar-refractivity contribution is 0.452. The smallest absolute Gasteiger partial charge is 0.0811 e. The van der Waals surface area contributed by atoms with E-state index in [0.29, 0.717) is 0 Å². The summed E-state index contributed by atoms with van der Waals surface area (Å²) in [5, 5.41) is 4.89. The molecule has 0 atom stereocenters. The molecule has 137 valence electrons. The second-order valence-electron chi connectivity index (χ2n) is 7.18. The standard InChI is InChI=1S/C23H21BN2OP/c1-25-20-14-12-16-8-4-6-10-18(16)22(20)23-19-11-7-5-9-17(19)13-15-21(23)26(2)28(25,24)27-3/h4-15H,1-3H3. The highest BCUT2D eigenvalue weighted by Crippen LogP contribution is 2.67. The van der Waals surface area contributed by atoms with Crippen LogP contribution in [0.5, 0.6) is 0 Å². The maximum Gasteiger partial charge on any atom is 0.0811 e. The second kappa shape index (κ2) is 6.23. The molecule has 5 heteroatoms. The van der Waals surface area contributed by atoms with Crippen molar-refractivity contribution in [3.8, 4) is 11.1 Å². The van der Waals surface area contributed by atoms with Crippen LogP contribution < -0.4 is 9.34 Å². The van der Waals surface area contributed by atoms with Crippen LogP contribution in [0.25, 0.3) is 32.7 Å². The predicted octanol–water partition coefficient (Wildman–Crippen LogP) is 6.04. The molecule has 3 radical (unpaired) electrons. The molecule has 5 rings (SSSR count). The molecule has 0 aromatic heterocycles. The molecule has 3 nitrogen and oxygen atoms in total. The van der Waals surface area contributed by atoms with Crippen molar-refractivity contribution in [2.45, 2.75) is 0 Å². The van der Waals surface area contributed by atoms with Crippen LogP contribution in [0.3, 0.4) is 0 Å². The summed E-state index contributed by atoms with van der Waals surface area (Å²) in [5.74, 6) is 0. The van der Waals surface area contributed by atoms with Crippen LogP contribution in [-0.2, 0) is 4.52 Å². The largest absolute Gasteiger partial charge is 0.255 e. The van der Waals surface area contributed by atoms with E-state index in [1.165, 1.54) is 32.7 Å². The fourth-order valence-corrected chi connectivity index (χ4v) is 6.18. The fraction of sp³-hybridized carbons (Fsp3) is 0.130. The third-order valence-corrected chi connectivity index (χ3v) is 8.58. The van der Waals surface area contributed by atoms with E-state index in [1.807, 2.05) is 14.1 Å². The van der Waals surface area contributed by atoms with E-state index in [0.717, 1.165) is 11.4 Å². The van der Waals surface area contributed by atoms with Crippen molar-refractivity contribution in [3.63, 3.8) is 0 Å². The van der Waals surface area contributed by atoms with Crippen molar-refractivity contribution in [2.75, 3.05) is 30.5 Å². The predicted molar refractivity (Wildman–Crippen MR) is 123 cm³/mol. The lowest BCUT2D eigenvalue weighted by atomic mass is 9.91. The third-order valence-electron chi connectivity index (χ3n) is 5.89. The number of nitrogens with zero attached hydrogens (tertiary/aromatic N) is 2. The average molecular weight is 383 g/mol. The Hall–Kier alpha value is -2.55. The Morgan fingerprint density at radius 3 is 1.54 bits per heavy atom. The SMILES string of the molecule is [B-][P+]1(OC)N(C)c2ccc3ccccc3c2-c2c(ccc3ccccc23)N1C. The van der Waals surface area contributed by atoms with E-state index in [-0.39, 0.29) is 0 Å². The summed E-state index contributed by atoms with van der Waals surface area (Å²) >= 11 is 0. The van der Waals surface area contributed by atoms with Gasteiger partial charge in [0.1, 0.15) is 0 Å². The summed E-state index contributed by atoms with van der Waals surface area (Å²) in [6.07, 6.45) is 0. The molecule has 0 saturated carbocycles. The molecule has 1 aliphatic heterocycles. The summed E-state index contributed by atoms with van der Waals surface area (Å²) < 4.78 is 10.2. The Morgan fingerprint density at radius 2 is 1.11 bits per heavy atom. The lowest BCUT2D eigenvalue weighted by Gasteiger charge is -2.46. The van der Waals surface area contributed by atoms with Crippen LogP contribution >= 0.6 is 7.67 Å². The lowest BCUT2D eigenvalue weighted by Crippen LogP contribution is -2.31. The minimum atomic E-state index is -2.52. The molecule has 4 aromatic rings. The Bertz CT molecular complexity index is 1130. The topological polar surface area (TPSA) is 15.7 Å². The van der Waals surface area contributed by atoms with Gasteiger partial charge in [0.2, 0.25) is 0 Å². The van der Waals surface area contributed by atoms with Gasteiger partial charge < -0.3 is 0 Å². The average Bonchev–Trinajstić information content (AvgIpc) is 2.82. The third kappa shape index (κ3) is 2.25. The maximum atomic E-state index is 6.90. The summed E-state index contributed by atoms with van der Waals surface area (Å²) in [6.45, 7) is 0. The fourth-order valence-electron chi connectivity index (χ4n) is 4.34. The number of rotatable bonds is 1. The van der Waals surface area contributed by atoms with Crippen LogP contribution in [0, 0.1) is 0 Å². The molecule has 0 fully saturated rings. The van der Waals surface area contributed by atoms with Crippen molar-refractivity contribution in [1.29, 1.82) is 0 Å². The van der Waals surface area contributed by atoms with E-state index >= 15 is 0 Å². The van der Waals surface area contributed by atoms with E-state index in [2.05, 4.69) is 82.1 Å². The van der Waals surface area contributed by atoms with Gasteiger partial charge in [-0.1, -0.05) is 60.7 Å². The summed E-state index contributed by atoms with van der Waals surface area (Å²) in [4.78, 5) is 0. The molecule has 0 saturated heterocycles. The number of hydrogen-bond acceptors (Lipinski definition) is 3. The molecular formula is C23H21BN2OP. The zero-order chi connectivity index (χ0) is 19.5. The molecule has 0 spiro atoms. The minimum Gasteiger partial charge on any atom is -0.255 e. The number of fused-ring (bicyclic) bond motifs is 7. The van der Waals surface area contributed by atoms with Crippen LogP contribution in [0.2, 0.25) is 0 Å². The molecule has 4 aromatic carbocycles. The van der Waals surface area contributed by atoms with Crippen molar-refractivity contribution in [1.82, 2.24) is 0 Å². The monoisotopic (exact) mass is 383 g/mol. The summed E-state index contributed by atoms with van der Waals surface area (Å²) in [7, 11) is 10.2. The zero-order valence-corrected chi connectivity index (χ0v) is 17.1. The van der Waals surface area contributed by atoms with Crippen molar-refractivity contribution in [2.24, 2.45) is 0 Å². The molecule has 1 aliphatic rings. The van der Waals surface area contributed by atoms with Crippen molar-refractivity contribution < 1.29 is 4.52 Å². The zero-order valence-electron chi connectivity index (χ0n) is 16.3. The Morgan fingerprint density at radius 1 is 0.679 bits per heavy atom. The minimum absolute atomic E-state index is 1.10. The highest BCUT2D eigenvalue weighted by molar-refractivity contribution is 7.96. The molecule has 0 bridgehead atoms. The first-order chi connectivity index (χ1) is 13.6.